The molecule has 0 saturated heterocycles. The highest BCUT2D eigenvalue weighted by atomic mass is 16.2. The van der Waals surface area contributed by atoms with Gasteiger partial charge in [0.15, 0.2) is 0 Å². The SMILES string of the molecule is Cc1ccc(NN2C(=O)c3ccccc3C2=O)c(C)c1. The fourth-order valence-electron chi connectivity index (χ4n) is 2.35. The fraction of sp³-hybridized carbons (Fsp3) is 0.125. The lowest BCUT2D eigenvalue weighted by atomic mass is 10.1. The Morgan fingerprint density at radius 2 is 1.50 bits per heavy atom. The second kappa shape index (κ2) is 4.49. The van der Waals surface area contributed by atoms with Crippen LogP contribution in [0.2, 0.25) is 0 Å². The van der Waals surface area contributed by atoms with Crippen LogP contribution in [-0.2, 0) is 0 Å². The van der Waals surface area contributed by atoms with Gasteiger partial charge in [0.05, 0.1) is 16.8 Å². The summed E-state index contributed by atoms with van der Waals surface area (Å²) in [6.07, 6.45) is 0. The number of rotatable bonds is 2. The molecule has 1 heterocycles. The molecule has 0 aromatic heterocycles. The van der Waals surface area contributed by atoms with Gasteiger partial charge in [0.1, 0.15) is 0 Å². The number of hydrogen-bond acceptors (Lipinski definition) is 3. The van der Waals surface area contributed by atoms with E-state index in [2.05, 4.69) is 5.43 Å². The number of imide groups is 1. The Kier molecular flexibility index (Phi) is 2.79. The minimum atomic E-state index is -0.314. The minimum Gasteiger partial charge on any atom is -0.288 e. The van der Waals surface area contributed by atoms with Gasteiger partial charge >= 0.3 is 0 Å². The monoisotopic (exact) mass is 266 g/mol. The van der Waals surface area contributed by atoms with Gasteiger partial charge in [0.25, 0.3) is 11.8 Å². The van der Waals surface area contributed by atoms with Crippen molar-refractivity contribution in [3.05, 3.63) is 64.7 Å². The van der Waals surface area contributed by atoms with Crippen molar-refractivity contribution in [2.45, 2.75) is 13.8 Å². The van der Waals surface area contributed by atoms with Gasteiger partial charge in [-0.15, -0.1) is 0 Å². The van der Waals surface area contributed by atoms with Crippen LogP contribution in [0.25, 0.3) is 0 Å². The number of amides is 2. The van der Waals surface area contributed by atoms with Crippen molar-refractivity contribution in [2.24, 2.45) is 0 Å². The number of nitrogens with one attached hydrogen (secondary N) is 1. The second-order valence-corrected chi connectivity index (χ2v) is 4.92. The molecule has 100 valence electrons. The van der Waals surface area contributed by atoms with Crippen LogP contribution in [0.3, 0.4) is 0 Å². The summed E-state index contributed by atoms with van der Waals surface area (Å²) in [7, 11) is 0. The molecule has 0 spiro atoms. The third-order valence-electron chi connectivity index (χ3n) is 3.41. The van der Waals surface area contributed by atoms with E-state index in [1.807, 2.05) is 32.0 Å². The van der Waals surface area contributed by atoms with Gasteiger partial charge in [0, 0.05) is 0 Å². The lowest BCUT2D eigenvalue weighted by Gasteiger charge is -2.18. The van der Waals surface area contributed by atoms with Crippen molar-refractivity contribution < 1.29 is 9.59 Å². The summed E-state index contributed by atoms with van der Waals surface area (Å²) in [6.45, 7) is 3.94. The van der Waals surface area contributed by atoms with Gasteiger partial charge in [0.2, 0.25) is 0 Å². The molecule has 20 heavy (non-hydrogen) atoms. The molecule has 0 saturated carbocycles. The molecule has 0 aliphatic carbocycles. The Bertz CT molecular complexity index is 687. The van der Waals surface area contributed by atoms with E-state index in [9.17, 15) is 9.59 Å². The molecule has 1 N–H and O–H groups in total. The van der Waals surface area contributed by atoms with E-state index >= 15 is 0 Å². The molecule has 0 fully saturated rings. The second-order valence-electron chi connectivity index (χ2n) is 4.92. The van der Waals surface area contributed by atoms with Gasteiger partial charge in [-0.3, -0.25) is 15.0 Å². The smallest absolute Gasteiger partial charge is 0.280 e. The normalized spacial score (nSPS) is 13.6. The van der Waals surface area contributed by atoms with Crippen LogP contribution in [0, 0.1) is 13.8 Å². The van der Waals surface area contributed by atoms with Crippen molar-refractivity contribution in [1.82, 2.24) is 5.01 Å². The summed E-state index contributed by atoms with van der Waals surface area (Å²) in [5.74, 6) is -0.629. The van der Waals surface area contributed by atoms with E-state index in [1.54, 1.807) is 24.3 Å². The van der Waals surface area contributed by atoms with Crippen molar-refractivity contribution >= 4 is 17.5 Å². The number of aryl methyl sites for hydroxylation is 2. The van der Waals surface area contributed by atoms with E-state index in [4.69, 9.17) is 0 Å². The largest absolute Gasteiger partial charge is 0.288 e. The summed E-state index contributed by atoms with van der Waals surface area (Å²) >= 11 is 0. The van der Waals surface area contributed by atoms with Gasteiger partial charge < -0.3 is 0 Å². The van der Waals surface area contributed by atoms with Crippen LogP contribution >= 0.6 is 0 Å². The van der Waals surface area contributed by atoms with Crippen LogP contribution in [-0.4, -0.2) is 16.8 Å². The summed E-state index contributed by atoms with van der Waals surface area (Å²) in [6, 6.07) is 12.6. The predicted molar refractivity (Wildman–Crippen MR) is 76.5 cm³/mol. The number of anilines is 1. The molecule has 0 unspecified atom stereocenters. The highest BCUT2D eigenvalue weighted by Gasteiger charge is 2.35. The summed E-state index contributed by atoms with van der Waals surface area (Å²) in [5, 5.41) is 1.07. The third-order valence-corrected chi connectivity index (χ3v) is 3.41. The maximum atomic E-state index is 12.2. The molecule has 0 bridgehead atoms. The zero-order chi connectivity index (χ0) is 14.3. The first-order valence-corrected chi connectivity index (χ1v) is 6.39. The van der Waals surface area contributed by atoms with Crippen molar-refractivity contribution in [2.75, 3.05) is 5.43 Å². The quantitative estimate of drug-likeness (QED) is 0.850. The predicted octanol–water partition coefficient (Wildman–Crippen LogP) is 2.93. The Morgan fingerprint density at radius 1 is 0.900 bits per heavy atom. The van der Waals surface area contributed by atoms with Gasteiger partial charge in [-0.25, -0.2) is 0 Å². The van der Waals surface area contributed by atoms with Gasteiger partial charge in [-0.1, -0.05) is 29.8 Å². The zero-order valence-electron chi connectivity index (χ0n) is 11.3. The summed E-state index contributed by atoms with van der Waals surface area (Å²) < 4.78 is 0. The van der Waals surface area contributed by atoms with Crippen LogP contribution in [0.15, 0.2) is 42.5 Å². The molecule has 1 aliphatic heterocycles. The Morgan fingerprint density at radius 3 is 2.05 bits per heavy atom. The van der Waals surface area contributed by atoms with Gasteiger partial charge in [-0.05, 0) is 37.6 Å². The number of benzene rings is 2. The number of nitrogens with zero attached hydrogens (tertiary/aromatic N) is 1. The molecular weight excluding hydrogens is 252 g/mol. The lowest BCUT2D eigenvalue weighted by Crippen LogP contribution is -2.35. The first-order chi connectivity index (χ1) is 9.58. The fourth-order valence-corrected chi connectivity index (χ4v) is 2.35. The van der Waals surface area contributed by atoms with E-state index < -0.39 is 0 Å². The topological polar surface area (TPSA) is 49.4 Å². The molecule has 4 nitrogen and oxygen atoms in total. The first-order valence-electron chi connectivity index (χ1n) is 6.39. The Balaban J connectivity index is 1.94. The highest BCUT2D eigenvalue weighted by Crippen LogP contribution is 2.24. The standard InChI is InChI=1S/C16H14N2O2/c1-10-7-8-14(11(2)9-10)17-18-15(19)12-5-3-4-6-13(12)16(18)20/h3-9,17H,1-2H3. The van der Waals surface area contributed by atoms with Crippen LogP contribution in [0.1, 0.15) is 31.8 Å². The number of hydrogen-bond donors (Lipinski definition) is 1. The molecule has 2 aromatic carbocycles. The minimum absolute atomic E-state index is 0.314. The zero-order valence-corrected chi connectivity index (χ0v) is 11.3. The van der Waals surface area contributed by atoms with E-state index in [1.165, 1.54) is 0 Å². The van der Waals surface area contributed by atoms with Gasteiger partial charge in [-0.2, -0.15) is 5.01 Å². The molecule has 1 aliphatic rings. The highest BCUT2D eigenvalue weighted by molar-refractivity contribution is 6.21. The third kappa shape index (κ3) is 1.86. The number of carbonyl (C=O) groups is 2. The molecule has 2 aromatic rings. The Hall–Kier alpha value is -2.62. The number of fused-ring (bicyclic) bond motifs is 1. The van der Waals surface area contributed by atoms with Crippen molar-refractivity contribution in [3.63, 3.8) is 0 Å². The van der Waals surface area contributed by atoms with E-state index in [-0.39, 0.29) is 11.8 Å². The number of carbonyl (C=O) groups excluding carboxylic acids is 2. The van der Waals surface area contributed by atoms with Crippen LogP contribution < -0.4 is 5.43 Å². The van der Waals surface area contributed by atoms with Crippen molar-refractivity contribution in [1.29, 1.82) is 0 Å². The molecule has 4 heteroatoms. The molecule has 0 radical (unpaired) electrons. The van der Waals surface area contributed by atoms with Crippen molar-refractivity contribution in [3.8, 4) is 0 Å². The average Bonchev–Trinajstić information content (AvgIpc) is 2.67. The molecule has 2 amide bonds. The van der Waals surface area contributed by atoms with E-state index in [0.29, 0.717) is 11.1 Å². The molecular formula is C16H14N2O2. The number of hydrazine groups is 1. The lowest BCUT2D eigenvalue weighted by molar-refractivity contribution is 0.0691. The summed E-state index contributed by atoms with van der Waals surface area (Å²) in [5.41, 5.74) is 6.67. The Labute approximate surface area is 117 Å². The maximum Gasteiger partial charge on any atom is 0.280 e. The average molecular weight is 266 g/mol. The molecule has 3 rings (SSSR count). The van der Waals surface area contributed by atoms with Crippen LogP contribution in [0.4, 0.5) is 5.69 Å². The summed E-state index contributed by atoms with van der Waals surface area (Å²) in [4.78, 5) is 24.5. The first kappa shape index (κ1) is 12.4. The van der Waals surface area contributed by atoms with Crippen LogP contribution in [0.5, 0.6) is 0 Å². The molecule has 0 atom stereocenters. The maximum absolute atomic E-state index is 12.2. The van der Waals surface area contributed by atoms with E-state index in [0.717, 1.165) is 21.8 Å².